The van der Waals surface area contributed by atoms with Crippen LogP contribution in [-0.4, -0.2) is 23.4 Å². The monoisotopic (exact) mass is 236 g/mol. The van der Waals surface area contributed by atoms with E-state index in [9.17, 15) is 0 Å². The molecule has 2 nitrogen and oxygen atoms in total. The molecule has 0 N–H and O–H groups in total. The second-order valence-corrected chi connectivity index (χ2v) is 7.17. The lowest BCUT2D eigenvalue weighted by Gasteiger charge is -2.29. The van der Waals surface area contributed by atoms with E-state index in [1.807, 2.05) is 0 Å². The van der Waals surface area contributed by atoms with Crippen LogP contribution in [0.4, 0.5) is 0 Å². The molecule has 2 saturated carbocycles. The highest BCUT2D eigenvalue weighted by Crippen LogP contribution is 2.58. The summed E-state index contributed by atoms with van der Waals surface area (Å²) in [6.07, 6.45) is 10.6. The van der Waals surface area contributed by atoms with E-state index in [-0.39, 0.29) is 11.2 Å². The van der Waals surface area contributed by atoms with Gasteiger partial charge in [0.15, 0.2) is 0 Å². The van der Waals surface area contributed by atoms with Crippen molar-refractivity contribution in [3.05, 3.63) is 0 Å². The lowest BCUT2D eigenvalue weighted by atomic mass is 9.72. The summed E-state index contributed by atoms with van der Waals surface area (Å²) in [6, 6.07) is 0. The van der Waals surface area contributed by atoms with Gasteiger partial charge in [-0.1, -0.05) is 19.3 Å². The quantitative estimate of drug-likeness (QED) is 0.653. The average molecular weight is 236 g/mol. The van der Waals surface area contributed by atoms with Crippen LogP contribution in [0.25, 0.3) is 0 Å². The van der Waals surface area contributed by atoms with E-state index in [0.717, 1.165) is 11.8 Å². The zero-order valence-corrected chi connectivity index (χ0v) is 11.1. The zero-order valence-electron chi connectivity index (χ0n) is 11.1. The summed E-state index contributed by atoms with van der Waals surface area (Å²) in [5, 5.41) is 0. The summed E-state index contributed by atoms with van der Waals surface area (Å²) >= 11 is 0. The van der Waals surface area contributed by atoms with E-state index in [0.29, 0.717) is 12.2 Å². The van der Waals surface area contributed by atoms with Crippen LogP contribution in [0.2, 0.25) is 0 Å². The molecular weight excluding hydrogens is 212 g/mol. The molecule has 96 valence electrons. The van der Waals surface area contributed by atoms with Gasteiger partial charge in [0.2, 0.25) is 0 Å². The van der Waals surface area contributed by atoms with Crippen LogP contribution >= 0.6 is 0 Å². The highest BCUT2D eigenvalue weighted by atomic mass is 16.6. The highest BCUT2D eigenvalue weighted by Gasteiger charge is 2.65. The second-order valence-electron chi connectivity index (χ2n) is 7.17. The van der Waals surface area contributed by atoms with Gasteiger partial charge in [-0.05, 0) is 51.4 Å². The van der Waals surface area contributed by atoms with Gasteiger partial charge in [-0.2, -0.15) is 0 Å². The molecule has 0 spiro atoms. The van der Waals surface area contributed by atoms with Crippen molar-refractivity contribution >= 4 is 0 Å². The van der Waals surface area contributed by atoms with E-state index >= 15 is 0 Å². The predicted octanol–water partition coefficient (Wildman–Crippen LogP) is 3.29. The van der Waals surface area contributed by atoms with Crippen LogP contribution in [0.1, 0.15) is 58.8 Å². The molecule has 2 saturated heterocycles. The molecule has 0 aromatic carbocycles. The standard InChI is InChI=1S/C15H24O2/c1-14-8-4-3-6-10(12(14)16-14)11-7-5-9-15(2)13(11)17-15/h10-13H,3-9H2,1-2H3. The Labute approximate surface area is 104 Å². The summed E-state index contributed by atoms with van der Waals surface area (Å²) in [7, 11) is 0. The number of fused-ring (bicyclic) bond motifs is 2. The van der Waals surface area contributed by atoms with Crippen LogP contribution in [0, 0.1) is 11.8 Å². The van der Waals surface area contributed by atoms with Crippen LogP contribution in [0.15, 0.2) is 0 Å². The Morgan fingerprint density at radius 2 is 1.29 bits per heavy atom. The summed E-state index contributed by atoms with van der Waals surface area (Å²) in [5.74, 6) is 1.58. The summed E-state index contributed by atoms with van der Waals surface area (Å²) in [4.78, 5) is 0. The molecular formula is C15H24O2. The molecule has 4 aliphatic rings. The van der Waals surface area contributed by atoms with Crippen LogP contribution < -0.4 is 0 Å². The Hall–Kier alpha value is -0.0800. The third-order valence-corrected chi connectivity index (χ3v) is 5.88. The molecule has 0 aromatic rings. The molecule has 17 heavy (non-hydrogen) atoms. The third kappa shape index (κ3) is 1.53. The molecule has 4 rings (SSSR count). The summed E-state index contributed by atoms with van der Waals surface area (Å²) < 4.78 is 12.1. The maximum Gasteiger partial charge on any atom is 0.0923 e. The van der Waals surface area contributed by atoms with Crippen molar-refractivity contribution in [2.45, 2.75) is 82.2 Å². The van der Waals surface area contributed by atoms with Gasteiger partial charge in [0.1, 0.15) is 0 Å². The smallest absolute Gasteiger partial charge is 0.0923 e. The predicted molar refractivity (Wildman–Crippen MR) is 65.9 cm³/mol. The summed E-state index contributed by atoms with van der Waals surface area (Å²) in [5.41, 5.74) is 0.490. The first-order valence-electron chi connectivity index (χ1n) is 7.48. The molecule has 2 heteroatoms. The van der Waals surface area contributed by atoms with Crippen LogP contribution in [0.3, 0.4) is 0 Å². The maximum absolute atomic E-state index is 6.06. The lowest BCUT2D eigenvalue weighted by molar-refractivity contribution is 0.172. The number of hydrogen-bond acceptors (Lipinski definition) is 2. The molecule has 4 fully saturated rings. The van der Waals surface area contributed by atoms with Crippen molar-refractivity contribution in [1.82, 2.24) is 0 Å². The first-order valence-corrected chi connectivity index (χ1v) is 7.48. The number of rotatable bonds is 1. The Kier molecular flexibility index (Phi) is 2.08. The molecule has 0 radical (unpaired) electrons. The van der Waals surface area contributed by atoms with Crippen LogP contribution in [-0.2, 0) is 9.47 Å². The highest BCUT2D eigenvalue weighted by molar-refractivity contribution is 5.12. The zero-order chi connectivity index (χ0) is 11.7. The second kappa shape index (κ2) is 3.27. The molecule has 6 atom stereocenters. The Bertz CT molecular complexity index is 342. The van der Waals surface area contributed by atoms with Crippen molar-refractivity contribution in [1.29, 1.82) is 0 Å². The molecule has 0 amide bonds. The molecule has 0 bridgehead atoms. The SMILES string of the molecule is CC12CCCCC(C3CCCC4(C)OC34)C1O2. The number of epoxide rings is 2. The van der Waals surface area contributed by atoms with Gasteiger partial charge < -0.3 is 9.47 Å². The Balaban J connectivity index is 1.54. The van der Waals surface area contributed by atoms with Gasteiger partial charge in [-0.25, -0.2) is 0 Å². The van der Waals surface area contributed by atoms with Gasteiger partial charge in [0.25, 0.3) is 0 Å². The number of hydrogen-bond donors (Lipinski definition) is 0. The van der Waals surface area contributed by atoms with Crippen molar-refractivity contribution in [2.24, 2.45) is 11.8 Å². The fourth-order valence-corrected chi connectivity index (χ4v) is 4.72. The maximum atomic E-state index is 6.06. The van der Waals surface area contributed by atoms with Crippen molar-refractivity contribution in [3.8, 4) is 0 Å². The van der Waals surface area contributed by atoms with Gasteiger partial charge >= 0.3 is 0 Å². The van der Waals surface area contributed by atoms with Crippen molar-refractivity contribution in [2.75, 3.05) is 0 Å². The third-order valence-electron chi connectivity index (χ3n) is 5.88. The summed E-state index contributed by atoms with van der Waals surface area (Å²) in [6.45, 7) is 4.64. The van der Waals surface area contributed by atoms with E-state index in [4.69, 9.17) is 9.47 Å². The first-order chi connectivity index (χ1) is 8.12. The van der Waals surface area contributed by atoms with Crippen molar-refractivity contribution < 1.29 is 9.47 Å². The largest absolute Gasteiger partial charge is 0.366 e. The van der Waals surface area contributed by atoms with E-state index in [1.54, 1.807) is 0 Å². The van der Waals surface area contributed by atoms with Gasteiger partial charge in [-0.3, -0.25) is 0 Å². The number of ether oxygens (including phenoxy) is 2. The van der Waals surface area contributed by atoms with Gasteiger partial charge in [0, 0.05) is 0 Å². The normalized spacial score (nSPS) is 61.1. The average Bonchev–Trinajstić information content (AvgIpc) is 3.12. The lowest BCUT2D eigenvalue weighted by Crippen LogP contribution is -2.33. The fourth-order valence-electron chi connectivity index (χ4n) is 4.72. The molecule has 2 aliphatic heterocycles. The minimum Gasteiger partial charge on any atom is -0.366 e. The molecule has 0 aromatic heterocycles. The van der Waals surface area contributed by atoms with E-state index < -0.39 is 0 Å². The topological polar surface area (TPSA) is 25.1 Å². The molecule has 6 unspecified atom stereocenters. The first kappa shape index (κ1) is 10.8. The minimum atomic E-state index is 0.240. The van der Waals surface area contributed by atoms with Gasteiger partial charge in [-0.15, -0.1) is 0 Å². The minimum absolute atomic E-state index is 0.240. The Morgan fingerprint density at radius 3 is 1.94 bits per heavy atom. The van der Waals surface area contributed by atoms with E-state index in [1.165, 1.54) is 44.9 Å². The van der Waals surface area contributed by atoms with Crippen LogP contribution in [0.5, 0.6) is 0 Å². The molecule has 2 heterocycles. The molecule has 2 aliphatic carbocycles. The fraction of sp³-hybridized carbons (Fsp3) is 1.00. The van der Waals surface area contributed by atoms with E-state index in [2.05, 4.69) is 13.8 Å². The van der Waals surface area contributed by atoms with Gasteiger partial charge in [0.05, 0.1) is 23.4 Å². The Morgan fingerprint density at radius 1 is 0.765 bits per heavy atom. The van der Waals surface area contributed by atoms with Crippen molar-refractivity contribution in [3.63, 3.8) is 0 Å².